The molecule has 3 heterocycles. The summed E-state index contributed by atoms with van der Waals surface area (Å²) in [4.78, 5) is 8.52. The van der Waals surface area contributed by atoms with Crippen LogP contribution in [0.15, 0.2) is 36.8 Å². The molecule has 2 aliphatic heterocycles. The summed E-state index contributed by atoms with van der Waals surface area (Å²) in [6, 6.07) is 7.27. The molecule has 150 valence electrons. The smallest absolute Gasteiger partial charge is 0.133 e. The maximum atomic E-state index is 15.4. The largest absolute Gasteiger partial charge is 0.497 e. The van der Waals surface area contributed by atoms with Crippen molar-refractivity contribution >= 4 is 16.6 Å². The molecule has 0 radical (unpaired) electrons. The molecule has 0 spiro atoms. The minimum absolute atomic E-state index is 0.0187. The van der Waals surface area contributed by atoms with Gasteiger partial charge in [-0.15, -0.1) is 0 Å². The third kappa shape index (κ3) is 2.62. The Labute approximate surface area is 169 Å². The number of hydrogen-bond acceptors (Lipinski definition) is 5. The lowest BCUT2D eigenvalue weighted by atomic mass is 9.66. The van der Waals surface area contributed by atoms with E-state index in [1.807, 2.05) is 18.2 Å². The van der Waals surface area contributed by atoms with E-state index in [0.29, 0.717) is 29.0 Å². The van der Waals surface area contributed by atoms with Gasteiger partial charge in [0.1, 0.15) is 17.9 Å². The zero-order chi connectivity index (χ0) is 20.4. The van der Waals surface area contributed by atoms with Crippen LogP contribution >= 0.6 is 0 Å². The molecule has 2 atom stereocenters. The van der Waals surface area contributed by atoms with Gasteiger partial charge in [-0.25, -0.2) is 14.4 Å². The van der Waals surface area contributed by atoms with E-state index < -0.39 is 0 Å². The average Bonchev–Trinajstić information content (AvgIpc) is 3.10. The number of halogens is 1. The Hall–Kier alpha value is -2.73. The summed E-state index contributed by atoms with van der Waals surface area (Å²) in [6.45, 7) is 7.15. The lowest BCUT2D eigenvalue weighted by Gasteiger charge is -2.48. The van der Waals surface area contributed by atoms with E-state index in [4.69, 9.17) is 9.47 Å². The Morgan fingerprint density at radius 1 is 1.17 bits per heavy atom. The summed E-state index contributed by atoms with van der Waals surface area (Å²) in [7, 11) is 1.60. The minimum Gasteiger partial charge on any atom is -0.497 e. The first kappa shape index (κ1) is 18.3. The monoisotopic (exact) mass is 393 g/mol. The summed E-state index contributed by atoms with van der Waals surface area (Å²) >= 11 is 0. The molecule has 29 heavy (non-hydrogen) atoms. The minimum atomic E-state index is -0.291. The van der Waals surface area contributed by atoms with Crippen molar-refractivity contribution in [3.63, 3.8) is 0 Å². The third-order valence-electron chi connectivity index (χ3n) is 6.43. The number of rotatable bonds is 2. The molecule has 1 aromatic heterocycles. The van der Waals surface area contributed by atoms with Gasteiger partial charge in [-0.3, -0.25) is 0 Å². The van der Waals surface area contributed by atoms with Gasteiger partial charge in [0, 0.05) is 40.4 Å². The number of nitrogens with zero attached hydrogens (tertiary/aromatic N) is 2. The lowest BCUT2D eigenvalue weighted by molar-refractivity contribution is 0.0352. The quantitative estimate of drug-likeness (QED) is 0.684. The van der Waals surface area contributed by atoms with Crippen LogP contribution in [0.25, 0.3) is 22.0 Å². The Kier molecular flexibility index (Phi) is 3.87. The van der Waals surface area contributed by atoms with E-state index in [0.717, 1.165) is 23.1 Å². The molecule has 1 fully saturated rings. The Bertz CT molecular complexity index is 1130. The van der Waals surface area contributed by atoms with E-state index in [9.17, 15) is 0 Å². The fourth-order valence-corrected chi connectivity index (χ4v) is 5.15. The number of aromatic nitrogens is 2. The SMILES string of the molecule is COc1cc(-c2cc3c(cc2F)NC(C)(C)C2OCCC32C)c2ncncc2c1. The maximum absolute atomic E-state index is 15.4. The first-order valence-corrected chi connectivity index (χ1v) is 9.85. The first-order chi connectivity index (χ1) is 13.8. The highest BCUT2D eigenvalue weighted by Gasteiger charge is 2.53. The van der Waals surface area contributed by atoms with E-state index in [2.05, 4.69) is 36.1 Å². The van der Waals surface area contributed by atoms with Gasteiger partial charge in [0.25, 0.3) is 0 Å². The molecule has 1 N–H and O–H groups in total. The zero-order valence-electron chi connectivity index (χ0n) is 17.0. The molecule has 1 saturated heterocycles. The van der Waals surface area contributed by atoms with Crippen LogP contribution in [0, 0.1) is 5.82 Å². The van der Waals surface area contributed by atoms with Gasteiger partial charge in [0.05, 0.1) is 24.3 Å². The Morgan fingerprint density at radius 2 is 2.00 bits per heavy atom. The van der Waals surface area contributed by atoms with E-state index in [1.54, 1.807) is 19.4 Å². The van der Waals surface area contributed by atoms with E-state index in [-0.39, 0.29) is 22.9 Å². The number of methoxy groups -OCH3 is 1. The predicted octanol–water partition coefficient (Wildman–Crippen LogP) is 4.70. The Balaban J connectivity index is 1.77. The van der Waals surface area contributed by atoms with Crippen molar-refractivity contribution in [3.8, 4) is 16.9 Å². The van der Waals surface area contributed by atoms with Crippen molar-refractivity contribution in [2.75, 3.05) is 19.0 Å². The first-order valence-electron chi connectivity index (χ1n) is 9.85. The molecule has 0 bridgehead atoms. The highest BCUT2D eigenvalue weighted by atomic mass is 19.1. The molecule has 5 rings (SSSR count). The number of nitrogens with one attached hydrogen (secondary N) is 1. The maximum Gasteiger partial charge on any atom is 0.133 e. The van der Waals surface area contributed by atoms with Crippen molar-refractivity contribution < 1.29 is 13.9 Å². The molecule has 2 aromatic carbocycles. The van der Waals surface area contributed by atoms with Crippen LogP contribution in [0.2, 0.25) is 0 Å². The summed E-state index contributed by atoms with van der Waals surface area (Å²) in [5, 5.41) is 4.31. The molecule has 3 aromatic rings. The number of anilines is 1. The topological polar surface area (TPSA) is 56.3 Å². The van der Waals surface area contributed by atoms with Crippen LogP contribution < -0.4 is 10.1 Å². The van der Waals surface area contributed by atoms with E-state index in [1.165, 1.54) is 6.33 Å². The summed E-state index contributed by atoms with van der Waals surface area (Å²) < 4.78 is 27.0. The van der Waals surface area contributed by atoms with Crippen LogP contribution in [-0.2, 0) is 10.2 Å². The second-order valence-corrected chi connectivity index (χ2v) is 8.78. The van der Waals surface area contributed by atoms with Gasteiger partial charge in [-0.05, 0) is 50.1 Å². The van der Waals surface area contributed by atoms with Gasteiger partial charge < -0.3 is 14.8 Å². The molecule has 0 saturated carbocycles. The molecule has 0 aliphatic carbocycles. The second kappa shape index (κ2) is 6.13. The molecule has 6 heteroatoms. The van der Waals surface area contributed by atoms with Crippen molar-refractivity contribution in [3.05, 3.63) is 48.2 Å². The van der Waals surface area contributed by atoms with Gasteiger partial charge in [0.15, 0.2) is 0 Å². The van der Waals surface area contributed by atoms with Crippen LogP contribution in [0.1, 0.15) is 32.8 Å². The molecule has 5 nitrogen and oxygen atoms in total. The fourth-order valence-electron chi connectivity index (χ4n) is 5.15. The van der Waals surface area contributed by atoms with Gasteiger partial charge in [0.2, 0.25) is 0 Å². The summed E-state index contributed by atoms with van der Waals surface area (Å²) in [5.41, 5.74) is 3.38. The molecular weight excluding hydrogens is 369 g/mol. The fraction of sp³-hybridized carbons (Fsp3) is 0.391. The highest BCUT2D eigenvalue weighted by molar-refractivity contribution is 5.95. The van der Waals surface area contributed by atoms with Gasteiger partial charge in [-0.1, -0.05) is 6.92 Å². The number of fused-ring (bicyclic) bond motifs is 4. The zero-order valence-corrected chi connectivity index (χ0v) is 17.0. The second-order valence-electron chi connectivity index (χ2n) is 8.78. The predicted molar refractivity (Wildman–Crippen MR) is 111 cm³/mol. The summed E-state index contributed by atoms with van der Waals surface area (Å²) in [6.07, 6.45) is 4.13. The number of ether oxygens (including phenoxy) is 2. The molecule has 2 aliphatic rings. The molecule has 2 unspecified atom stereocenters. The molecule has 0 amide bonds. The number of benzene rings is 2. The van der Waals surface area contributed by atoms with Gasteiger partial charge >= 0.3 is 0 Å². The third-order valence-corrected chi connectivity index (χ3v) is 6.43. The lowest BCUT2D eigenvalue weighted by Crippen LogP contribution is -2.56. The standard InChI is InChI=1S/C23H24FN3O2/c1-22(2)21-23(3,5-6-29-21)17-9-15(18(24)10-19(17)27-22)16-8-14(28-4)7-13-11-25-12-26-20(13)16/h7-12,21,27H,5-6H2,1-4H3. The van der Waals surface area contributed by atoms with Crippen LogP contribution in [-0.4, -0.2) is 35.3 Å². The number of hydrogen-bond donors (Lipinski definition) is 1. The molecular formula is C23H24FN3O2. The average molecular weight is 393 g/mol. The van der Waals surface area contributed by atoms with Crippen LogP contribution in [0.4, 0.5) is 10.1 Å². The van der Waals surface area contributed by atoms with Gasteiger partial charge in [-0.2, -0.15) is 0 Å². The van der Waals surface area contributed by atoms with Crippen LogP contribution in [0.3, 0.4) is 0 Å². The van der Waals surface area contributed by atoms with Crippen LogP contribution in [0.5, 0.6) is 5.75 Å². The van der Waals surface area contributed by atoms with Crippen molar-refractivity contribution in [2.24, 2.45) is 0 Å². The van der Waals surface area contributed by atoms with Crippen molar-refractivity contribution in [1.29, 1.82) is 0 Å². The van der Waals surface area contributed by atoms with E-state index >= 15 is 4.39 Å². The summed E-state index contributed by atoms with van der Waals surface area (Å²) in [5.74, 6) is 0.355. The van der Waals surface area contributed by atoms with Crippen molar-refractivity contribution in [2.45, 2.75) is 44.2 Å². The van der Waals surface area contributed by atoms with Crippen molar-refractivity contribution in [1.82, 2.24) is 9.97 Å². The normalized spacial score (nSPS) is 24.7. The Morgan fingerprint density at radius 3 is 2.79 bits per heavy atom. The highest BCUT2D eigenvalue weighted by Crippen LogP contribution is 2.51.